The summed E-state index contributed by atoms with van der Waals surface area (Å²) in [6.45, 7) is 3.68. The molecule has 0 bridgehead atoms. The molecule has 6 heteroatoms. The SMILES string of the molecule is COC(=O)c1c(NC(=O)c2cccc(C#N)c2)sc(C)c1C. The smallest absolute Gasteiger partial charge is 0.341 e. The average molecular weight is 314 g/mol. The first kappa shape index (κ1) is 15.7. The third kappa shape index (κ3) is 3.00. The molecule has 22 heavy (non-hydrogen) atoms. The van der Waals surface area contributed by atoms with Crippen molar-refractivity contribution in [3.05, 3.63) is 51.4 Å². The maximum absolute atomic E-state index is 12.3. The fourth-order valence-electron chi connectivity index (χ4n) is 1.97. The molecule has 1 aromatic carbocycles. The van der Waals surface area contributed by atoms with Crippen LogP contribution in [0.5, 0.6) is 0 Å². The van der Waals surface area contributed by atoms with Gasteiger partial charge in [-0.15, -0.1) is 11.3 Å². The van der Waals surface area contributed by atoms with E-state index in [0.29, 0.717) is 21.7 Å². The summed E-state index contributed by atoms with van der Waals surface area (Å²) in [6, 6.07) is 8.36. The lowest BCUT2D eigenvalue weighted by atomic mass is 10.1. The maximum atomic E-state index is 12.3. The lowest BCUT2D eigenvalue weighted by Gasteiger charge is -2.06. The Morgan fingerprint density at radius 1 is 1.32 bits per heavy atom. The number of thiophene rings is 1. The standard InChI is InChI=1S/C16H14N2O3S/c1-9-10(2)22-15(13(9)16(20)21-3)18-14(19)12-6-4-5-11(7-12)8-17/h4-7H,1-3H3,(H,18,19). The van der Waals surface area contributed by atoms with Crippen molar-refractivity contribution < 1.29 is 14.3 Å². The highest BCUT2D eigenvalue weighted by molar-refractivity contribution is 7.16. The molecule has 0 unspecified atom stereocenters. The summed E-state index contributed by atoms with van der Waals surface area (Å²) in [6.07, 6.45) is 0. The van der Waals surface area contributed by atoms with Gasteiger partial charge in [0.1, 0.15) is 5.00 Å². The molecule has 0 saturated carbocycles. The fourth-order valence-corrected chi connectivity index (χ4v) is 3.01. The minimum atomic E-state index is -0.483. The van der Waals surface area contributed by atoms with Crippen LogP contribution in [0, 0.1) is 25.2 Å². The second-order valence-electron chi connectivity index (χ2n) is 4.63. The number of nitrogens with one attached hydrogen (secondary N) is 1. The topological polar surface area (TPSA) is 79.2 Å². The molecule has 5 nitrogen and oxygen atoms in total. The molecule has 0 aliphatic rings. The third-order valence-corrected chi connectivity index (χ3v) is 4.38. The van der Waals surface area contributed by atoms with Gasteiger partial charge in [0.2, 0.25) is 0 Å². The zero-order valence-corrected chi connectivity index (χ0v) is 13.2. The van der Waals surface area contributed by atoms with Crippen molar-refractivity contribution in [2.45, 2.75) is 13.8 Å². The number of nitriles is 1. The Hall–Kier alpha value is -2.65. The Morgan fingerprint density at radius 3 is 2.68 bits per heavy atom. The summed E-state index contributed by atoms with van der Waals surface area (Å²) in [5.41, 5.74) is 1.92. The van der Waals surface area contributed by atoms with Gasteiger partial charge in [-0.1, -0.05) is 6.07 Å². The van der Waals surface area contributed by atoms with E-state index >= 15 is 0 Å². The Bertz CT molecular complexity index is 787. The van der Waals surface area contributed by atoms with Crippen LogP contribution in [-0.2, 0) is 4.74 Å². The summed E-state index contributed by atoms with van der Waals surface area (Å²) < 4.78 is 4.77. The first-order chi connectivity index (χ1) is 10.5. The largest absolute Gasteiger partial charge is 0.465 e. The molecule has 0 aliphatic heterocycles. The number of carbonyl (C=O) groups excluding carboxylic acids is 2. The number of hydrogen-bond donors (Lipinski definition) is 1. The summed E-state index contributed by atoms with van der Waals surface area (Å²) in [5, 5.41) is 12.1. The summed E-state index contributed by atoms with van der Waals surface area (Å²) >= 11 is 1.32. The molecule has 0 spiro atoms. The van der Waals surface area contributed by atoms with Crippen LogP contribution in [0.4, 0.5) is 5.00 Å². The Kier molecular flexibility index (Phi) is 4.59. The van der Waals surface area contributed by atoms with E-state index in [1.807, 2.05) is 19.9 Å². The normalized spacial score (nSPS) is 9.91. The Balaban J connectivity index is 2.34. The minimum absolute atomic E-state index is 0.360. The van der Waals surface area contributed by atoms with Crippen LogP contribution in [0.1, 0.15) is 36.7 Å². The van der Waals surface area contributed by atoms with Crippen LogP contribution in [0.15, 0.2) is 24.3 Å². The molecule has 1 amide bonds. The van der Waals surface area contributed by atoms with E-state index in [-0.39, 0.29) is 5.91 Å². The summed E-state index contributed by atoms with van der Waals surface area (Å²) in [5.74, 6) is -0.855. The highest BCUT2D eigenvalue weighted by atomic mass is 32.1. The van der Waals surface area contributed by atoms with Crippen molar-refractivity contribution >= 4 is 28.2 Å². The van der Waals surface area contributed by atoms with Gasteiger partial charge < -0.3 is 10.1 Å². The second kappa shape index (κ2) is 6.41. The van der Waals surface area contributed by atoms with Crippen molar-refractivity contribution in [1.82, 2.24) is 0 Å². The Labute approximate surface area is 132 Å². The van der Waals surface area contributed by atoms with Gasteiger partial charge in [-0.2, -0.15) is 5.26 Å². The van der Waals surface area contributed by atoms with Crippen LogP contribution in [0.3, 0.4) is 0 Å². The number of ether oxygens (including phenoxy) is 1. The minimum Gasteiger partial charge on any atom is -0.465 e. The van der Waals surface area contributed by atoms with Gasteiger partial charge in [0, 0.05) is 10.4 Å². The van der Waals surface area contributed by atoms with E-state index in [9.17, 15) is 9.59 Å². The van der Waals surface area contributed by atoms with Gasteiger partial charge in [0.25, 0.3) is 5.91 Å². The molecular weight excluding hydrogens is 300 g/mol. The van der Waals surface area contributed by atoms with Crippen molar-refractivity contribution in [2.24, 2.45) is 0 Å². The lowest BCUT2D eigenvalue weighted by molar-refractivity contribution is 0.0601. The van der Waals surface area contributed by atoms with Gasteiger partial charge in [-0.25, -0.2) is 4.79 Å². The van der Waals surface area contributed by atoms with Crippen molar-refractivity contribution in [3.8, 4) is 6.07 Å². The number of methoxy groups -OCH3 is 1. The van der Waals surface area contributed by atoms with Crippen LogP contribution in [-0.4, -0.2) is 19.0 Å². The third-order valence-electron chi connectivity index (χ3n) is 3.26. The quantitative estimate of drug-likeness (QED) is 0.882. The summed E-state index contributed by atoms with van der Waals surface area (Å²) in [4.78, 5) is 25.1. The van der Waals surface area contributed by atoms with E-state index in [2.05, 4.69) is 5.32 Å². The zero-order chi connectivity index (χ0) is 16.3. The van der Waals surface area contributed by atoms with Gasteiger partial charge in [0.05, 0.1) is 24.3 Å². The van der Waals surface area contributed by atoms with E-state index in [1.165, 1.54) is 24.5 Å². The van der Waals surface area contributed by atoms with Crippen molar-refractivity contribution in [2.75, 3.05) is 12.4 Å². The molecule has 2 rings (SSSR count). The molecule has 0 fully saturated rings. The second-order valence-corrected chi connectivity index (χ2v) is 5.85. The van der Waals surface area contributed by atoms with Crippen LogP contribution in [0.25, 0.3) is 0 Å². The van der Waals surface area contributed by atoms with Crippen LogP contribution in [0.2, 0.25) is 0 Å². The molecule has 0 radical (unpaired) electrons. The predicted octanol–water partition coefficient (Wildman–Crippen LogP) is 3.28. The first-order valence-electron chi connectivity index (χ1n) is 6.47. The van der Waals surface area contributed by atoms with Crippen molar-refractivity contribution in [3.63, 3.8) is 0 Å². The van der Waals surface area contributed by atoms with Crippen LogP contribution >= 0.6 is 11.3 Å². The van der Waals surface area contributed by atoms with Gasteiger partial charge >= 0.3 is 5.97 Å². The fraction of sp³-hybridized carbons (Fsp3) is 0.188. The van der Waals surface area contributed by atoms with Gasteiger partial charge in [-0.3, -0.25) is 4.79 Å². The first-order valence-corrected chi connectivity index (χ1v) is 7.29. The molecular formula is C16H14N2O3S. The predicted molar refractivity (Wildman–Crippen MR) is 84.2 cm³/mol. The molecule has 0 atom stereocenters. The molecule has 0 saturated heterocycles. The summed E-state index contributed by atoms with van der Waals surface area (Å²) in [7, 11) is 1.30. The molecule has 0 aliphatic carbocycles. The molecule has 112 valence electrons. The molecule has 1 N–H and O–H groups in total. The zero-order valence-electron chi connectivity index (χ0n) is 12.4. The lowest BCUT2D eigenvalue weighted by Crippen LogP contribution is -2.14. The van der Waals surface area contributed by atoms with E-state index < -0.39 is 5.97 Å². The van der Waals surface area contributed by atoms with E-state index in [4.69, 9.17) is 10.00 Å². The number of benzene rings is 1. The Morgan fingerprint density at radius 2 is 2.05 bits per heavy atom. The number of aryl methyl sites for hydroxylation is 1. The number of esters is 1. The van der Waals surface area contributed by atoms with Crippen molar-refractivity contribution in [1.29, 1.82) is 5.26 Å². The average Bonchev–Trinajstić information content (AvgIpc) is 2.81. The molecule has 1 aromatic heterocycles. The number of nitrogens with zero attached hydrogens (tertiary/aromatic N) is 1. The number of carbonyl (C=O) groups is 2. The number of rotatable bonds is 3. The van der Waals surface area contributed by atoms with Gasteiger partial charge in [-0.05, 0) is 37.6 Å². The molecule has 1 heterocycles. The monoisotopic (exact) mass is 314 g/mol. The maximum Gasteiger partial charge on any atom is 0.341 e. The van der Waals surface area contributed by atoms with E-state index in [0.717, 1.165) is 10.4 Å². The number of amides is 1. The van der Waals surface area contributed by atoms with E-state index in [1.54, 1.807) is 18.2 Å². The van der Waals surface area contributed by atoms with Crippen LogP contribution < -0.4 is 5.32 Å². The van der Waals surface area contributed by atoms with Gasteiger partial charge in [0.15, 0.2) is 0 Å². The highest BCUT2D eigenvalue weighted by Crippen LogP contribution is 2.33. The molecule has 2 aromatic rings. The number of hydrogen-bond acceptors (Lipinski definition) is 5. The number of anilines is 1. The highest BCUT2D eigenvalue weighted by Gasteiger charge is 2.22.